The number of hydrogen-bond acceptors (Lipinski definition) is 5. The summed E-state index contributed by atoms with van der Waals surface area (Å²) in [7, 11) is 0. The highest BCUT2D eigenvalue weighted by atomic mass is 16.5. The van der Waals surface area contributed by atoms with E-state index < -0.39 is 5.97 Å². The highest BCUT2D eigenvalue weighted by molar-refractivity contribution is 5.83. The Labute approximate surface area is 298 Å². The van der Waals surface area contributed by atoms with Gasteiger partial charge in [-0.05, 0) is 32.1 Å². The molecule has 1 heterocycles. The van der Waals surface area contributed by atoms with Crippen molar-refractivity contribution in [2.24, 2.45) is 4.99 Å². The zero-order valence-electron chi connectivity index (χ0n) is 31.9. The number of aliphatic carboxylic acids is 1. The maximum atomic E-state index is 12.0. The first-order valence-electron chi connectivity index (χ1n) is 21.3. The summed E-state index contributed by atoms with van der Waals surface area (Å²) < 4.78 is 5.46. The van der Waals surface area contributed by atoms with E-state index in [2.05, 4.69) is 11.8 Å². The highest BCUT2D eigenvalue weighted by Crippen LogP contribution is 2.16. The summed E-state index contributed by atoms with van der Waals surface area (Å²) >= 11 is 0. The van der Waals surface area contributed by atoms with Gasteiger partial charge in [0.25, 0.3) is 0 Å². The molecule has 1 aliphatic heterocycles. The molecule has 0 atom stereocenters. The molecule has 0 aromatic carbocycles. The molecule has 0 amide bonds. The second kappa shape index (κ2) is 35.2. The van der Waals surface area contributed by atoms with Gasteiger partial charge >= 0.3 is 11.9 Å². The van der Waals surface area contributed by atoms with E-state index in [0.29, 0.717) is 19.4 Å². The summed E-state index contributed by atoms with van der Waals surface area (Å²) in [6.07, 6.45) is 41.6. The van der Waals surface area contributed by atoms with Crippen LogP contribution in [-0.4, -0.2) is 54.0 Å². The van der Waals surface area contributed by atoms with Gasteiger partial charge in [0.1, 0.15) is 0 Å². The van der Waals surface area contributed by atoms with Gasteiger partial charge in [-0.1, -0.05) is 174 Å². The first-order chi connectivity index (χ1) is 23.6. The number of unbranched alkanes of at least 4 members (excludes halogenated alkanes) is 28. The fraction of sp³-hybridized carbons (Fsp3) is 0.929. The molecule has 0 spiro atoms. The van der Waals surface area contributed by atoms with E-state index in [1.54, 1.807) is 0 Å². The largest absolute Gasteiger partial charge is 0.481 e. The molecule has 48 heavy (non-hydrogen) atoms. The summed E-state index contributed by atoms with van der Waals surface area (Å²) in [6.45, 7) is 6.15. The first-order valence-corrected chi connectivity index (χ1v) is 21.3. The lowest BCUT2D eigenvalue weighted by atomic mass is 10.0. The number of aliphatic imine (C=N–C) groups is 1. The van der Waals surface area contributed by atoms with Gasteiger partial charge in [0.2, 0.25) is 0 Å². The third-order valence-electron chi connectivity index (χ3n) is 10.1. The minimum absolute atomic E-state index is 0.00852. The molecule has 0 aliphatic carbocycles. The van der Waals surface area contributed by atoms with Gasteiger partial charge in [0.05, 0.1) is 19.0 Å². The van der Waals surface area contributed by atoms with Crippen LogP contribution in [0.4, 0.5) is 0 Å². The summed E-state index contributed by atoms with van der Waals surface area (Å²) in [4.78, 5) is 29.9. The van der Waals surface area contributed by atoms with Crippen LogP contribution in [0.3, 0.4) is 0 Å². The molecule has 0 aromatic heterocycles. The number of carboxylic acid groups (broad SMARTS) is 1. The lowest BCUT2D eigenvalue weighted by Gasteiger charge is -2.20. The Morgan fingerprint density at radius 1 is 0.562 bits per heavy atom. The van der Waals surface area contributed by atoms with Crippen molar-refractivity contribution in [3.8, 4) is 0 Å². The van der Waals surface area contributed by atoms with Gasteiger partial charge in [0, 0.05) is 32.4 Å². The van der Waals surface area contributed by atoms with E-state index >= 15 is 0 Å². The summed E-state index contributed by atoms with van der Waals surface area (Å²) in [6, 6.07) is 0. The van der Waals surface area contributed by atoms with Crippen LogP contribution in [0.1, 0.15) is 225 Å². The summed E-state index contributed by atoms with van der Waals surface area (Å²) in [5.41, 5.74) is 0. The van der Waals surface area contributed by atoms with Crippen molar-refractivity contribution < 1.29 is 19.4 Å². The topological polar surface area (TPSA) is 79.2 Å². The Morgan fingerprint density at radius 3 is 1.48 bits per heavy atom. The van der Waals surface area contributed by atoms with Gasteiger partial charge in [-0.15, -0.1) is 0 Å². The number of carboxylic acids is 1. The third kappa shape index (κ3) is 30.5. The van der Waals surface area contributed by atoms with Gasteiger partial charge < -0.3 is 14.7 Å². The fourth-order valence-corrected chi connectivity index (χ4v) is 6.99. The predicted molar refractivity (Wildman–Crippen MR) is 205 cm³/mol. The monoisotopic (exact) mass is 677 g/mol. The molecule has 0 fully saturated rings. The van der Waals surface area contributed by atoms with Crippen molar-refractivity contribution >= 4 is 17.8 Å². The minimum Gasteiger partial charge on any atom is -0.481 e. The lowest BCUT2D eigenvalue weighted by molar-refractivity contribution is -0.144. The molecular weight excluding hydrogens is 596 g/mol. The van der Waals surface area contributed by atoms with Crippen LogP contribution in [0, 0.1) is 0 Å². The van der Waals surface area contributed by atoms with Crippen molar-refractivity contribution in [2.75, 3.05) is 26.2 Å². The fourth-order valence-electron chi connectivity index (χ4n) is 6.99. The van der Waals surface area contributed by atoms with E-state index in [0.717, 1.165) is 51.6 Å². The van der Waals surface area contributed by atoms with Crippen LogP contribution in [0.5, 0.6) is 0 Å². The van der Waals surface area contributed by atoms with Gasteiger partial charge in [-0.25, -0.2) is 0 Å². The van der Waals surface area contributed by atoms with Crippen molar-refractivity contribution in [2.45, 2.75) is 225 Å². The Morgan fingerprint density at radius 2 is 0.979 bits per heavy atom. The second-order valence-corrected chi connectivity index (χ2v) is 14.8. The van der Waals surface area contributed by atoms with Crippen molar-refractivity contribution in [1.29, 1.82) is 0 Å². The van der Waals surface area contributed by atoms with Crippen molar-refractivity contribution in [1.82, 2.24) is 4.90 Å². The molecule has 0 aromatic rings. The van der Waals surface area contributed by atoms with Crippen LogP contribution in [0.25, 0.3) is 0 Å². The smallest absolute Gasteiger partial charge is 0.305 e. The van der Waals surface area contributed by atoms with E-state index in [9.17, 15) is 9.59 Å². The molecule has 6 heteroatoms. The number of rotatable bonds is 38. The molecule has 1 aliphatic rings. The Bertz CT molecular complexity index is 756. The minimum atomic E-state index is -0.668. The standard InChI is InChI=1S/C42H80N2O4/c1-2-3-4-5-6-7-8-9-10-11-17-22-27-32-39-48-42(47)35-30-25-20-13-12-16-21-26-31-37-44-38-36-43-40(44)33-28-23-18-14-15-19-24-29-34-41(45)46/h2-39H2,1H3,(H,45,46). The van der Waals surface area contributed by atoms with Gasteiger partial charge in [0.15, 0.2) is 0 Å². The molecular formula is C42H80N2O4. The molecule has 0 radical (unpaired) electrons. The number of hydrogen-bond donors (Lipinski definition) is 1. The Hall–Kier alpha value is -1.59. The van der Waals surface area contributed by atoms with Crippen LogP contribution in [-0.2, 0) is 14.3 Å². The average molecular weight is 677 g/mol. The molecule has 1 rings (SSSR count). The third-order valence-corrected chi connectivity index (χ3v) is 10.1. The second-order valence-electron chi connectivity index (χ2n) is 14.8. The van der Waals surface area contributed by atoms with Crippen LogP contribution in [0.2, 0.25) is 0 Å². The number of amidine groups is 1. The van der Waals surface area contributed by atoms with Gasteiger partial charge in [-0.3, -0.25) is 14.6 Å². The van der Waals surface area contributed by atoms with Crippen LogP contribution < -0.4 is 0 Å². The summed E-state index contributed by atoms with van der Waals surface area (Å²) in [5.74, 6) is 0.690. The number of carbonyl (C=O) groups is 2. The number of esters is 1. The maximum Gasteiger partial charge on any atom is 0.305 e. The molecule has 0 saturated heterocycles. The van der Waals surface area contributed by atoms with E-state index in [4.69, 9.17) is 14.8 Å². The molecule has 6 nitrogen and oxygen atoms in total. The molecule has 0 unspecified atom stereocenters. The Kier molecular flexibility index (Phi) is 32.6. The number of nitrogens with zero attached hydrogens (tertiary/aromatic N) is 2. The predicted octanol–water partition coefficient (Wildman–Crippen LogP) is 12.6. The summed E-state index contributed by atoms with van der Waals surface area (Å²) in [5, 5.41) is 8.69. The lowest BCUT2D eigenvalue weighted by Crippen LogP contribution is -2.28. The van der Waals surface area contributed by atoms with E-state index in [1.807, 2.05) is 0 Å². The molecule has 1 N–H and O–H groups in total. The molecule has 0 bridgehead atoms. The maximum absolute atomic E-state index is 12.0. The van der Waals surface area contributed by atoms with E-state index in [-0.39, 0.29) is 5.97 Å². The Balaban J connectivity index is 1.78. The van der Waals surface area contributed by atoms with Gasteiger partial charge in [-0.2, -0.15) is 0 Å². The number of carbonyl (C=O) groups excluding carboxylic acids is 1. The van der Waals surface area contributed by atoms with Crippen molar-refractivity contribution in [3.05, 3.63) is 0 Å². The van der Waals surface area contributed by atoms with E-state index in [1.165, 1.54) is 179 Å². The SMILES string of the molecule is CCCCCCCCCCCCCCCCOC(=O)CCCCCCCCCCCN1CCN=C1CCCCCCCCCCC(=O)O. The highest BCUT2D eigenvalue weighted by Gasteiger charge is 2.15. The zero-order valence-corrected chi connectivity index (χ0v) is 31.9. The molecule has 282 valence electrons. The number of ether oxygens (including phenoxy) is 1. The van der Waals surface area contributed by atoms with Crippen molar-refractivity contribution in [3.63, 3.8) is 0 Å². The first kappa shape index (κ1) is 44.4. The van der Waals surface area contributed by atoms with Crippen LogP contribution in [0.15, 0.2) is 4.99 Å². The normalized spacial score (nSPS) is 12.9. The quantitative estimate of drug-likeness (QED) is 0.0520. The zero-order chi connectivity index (χ0) is 34.6. The molecule has 0 saturated carbocycles. The average Bonchev–Trinajstić information content (AvgIpc) is 3.53. The van der Waals surface area contributed by atoms with Crippen LogP contribution >= 0.6 is 0 Å².